The number of hydrogen-bond donors (Lipinski definition) is 1. The normalized spacial score (nSPS) is 12.4. The number of nitrogens with one attached hydrogen (secondary N) is 1. The van der Waals surface area contributed by atoms with E-state index in [2.05, 4.69) is 22.5 Å². The summed E-state index contributed by atoms with van der Waals surface area (Å²) in [5, 5.41) is 7.83. The number of rotatable bonds is 2. The molecule has 0 fully saturated rings. The molecule has 6 heteroatoms. The van der Waals surface area contributed by atoms with Crippen LogP contribution in [0.2, 0.25) is 5.02 Å². The van der Waals surface area contributed by atoms with Crippen molar-refractivity contribution in [2.24, 2.45) is 7.05 Å². The molecule has 1 N–H and O–H groups in total. The first-order chi connectivity index (χ1) is 11.6. The number of amides is 1. The van der Waals surface area contributed by atoms with Gasteiger partial charge in [0, 0.05) is 28.8 Å². The first-order valence-electron chi connectivity index (χ1n) is 7.49. The SMILES string of the molecule is Cn1nc(C(=O)Nc2ccccc2Cl)c2c1-c1ccccc1SC2. The Morgan fingerprint density at radius 1 is 1.21 bits per heavy atom. The number of benzene rings is 2. The zero-order chi connectivity index (χ0) is 16.7. The third-order valence-corrected chi connectivity index (χ3v) is 5.43. The Balaban J connectivity index is 1.74. The molecule has 4 rings (SSSR count). The molecular weight excluding hydrogens is 342 g/mol. The van der Waals surface area contributed by atoms with Gasteiger partial charge in [-0.05, 0) is 18.2 Å². The number of aromatic nitrogens is 2. The van der Waals surface area contributed by atoms with Crippen LogP contribution < -0.4 is 5.32 Å². The molecule has 4 nitrogen and oxygen atoms in total. The lowest BCUT2D eigenvalue weighted by molar-refractivity contribution is 0.102. The van der Waals surface area contributed by atoms with Crippen molar-refractivity contribution in [3.63, 3.8) is 0 Å². The number of carbonyl (C=O) groups is 1. The van der Waals surface area contributed by atoms with E-state index in [0.29, 0.717) is 16.4 Å². The van der Waals surface area contributed by atoms with Gasteiger partial charge in [-0.3, -0.25) is 9.48 Å². The molecule has 1 aromatic heterocycles. The molecule has 0 radical (unpaired) electrons. The Kier molecular flexibility index (Phi) is 3.82. The number of para-hydroxylation sites is 1. The fourth-order valence-corrected chi connectivity index (χ4v) is 4.16. The van der Waals surface area contributed by atoms with Crippen molar-refractivity contribution in [3.8, 4) is 11.3 Å². The number of nitrogens with zero attached hydrogens (tertiary/aromatic N) is 2. The molecule has 0 saturated heterocycles. The summed E-state index contributed by atoms with van der Waals surface area (Å²) in [5.41, 5.74) is 4.14. The highest BCUT2D eigenvalue weighted by Crippen LogP contribution is 2.42. The molecule has 3 aromatic rings. The number of anilines is 1. The van der Waals surface area contributed by atoms with Gasteiger partial charge in [-0.25, -0.2) is 0 Å². The van der Waals surface area contributed by atoms with Gasteiger partial charge in [-0.15, -0.1) is 11.8 Å². The molecular formula is C18H14ClN3OS. The summed E-state index contributed by atoms with van der Waals surface area (Å²) in [4.78, 5) is 13.9. The van der Waals surface area contributed by atoms with Gasteiger partial charge < -0.3 is 5.32 Å². The van der Waals surface area contributed by atoms with Gasteiger partial charge in [0.05, 0.1) is 16.4 Å². The van der Waals surface area contributed by atoms with E-state index in [4.69, 9.17) is 11.6 Å². The van der Waals surface area contributed by atoms with Gasteiger partial charge >= 0.3 is 0 Å². The fraction of sp³-hybridized carbons (Fsp3) is 0.111. The molecule has 0 saturated carbocycles. The maximum absolute atomic E-state index is 12.7. The van der Waals surface area contributed by atoms with Crippen molar-refractivity contribution >= 4 is 35.0 Å². The van der Waals surface area contributed by atoms with Crippen LogP contribution in [0.4, 0.5) is 5.69 Å². The Morgan fingerprint density at radius 2 is 1.96 bits per heavy atom. The molecule has 1 aliphatic heterocycles. The van der Waals surface area contributed by atoms with E-state index in [9.17, 15) is 4.79 Å². The molecule has 1 amide bonds. The topological polar surface area (TPSA) is 46.9 Å². The van der Waals surface area contributed by atoms with E-state index in [1.54, 1.807) is 28.6 Å². The number of thioether (sulfide) groups is 1. The summed E-state index contributed by atoms with van der Waals surface area (Å²) < 4.78 is 1.79. The average Bonchev–Trinajstić information content (AvgIpc) is 2.94. The molecule has 2 aromatic carbocycles. The van der Waals surface area contributed by atoms with Gasteiger partial charge in [-0.2, -0.15) is 5.10 Å². The molecule has 1 aliphatic rings. The minimum atomic E-state index is -0.236. The number of carbonyl (C=O) groups excluding carboxylic acids is 1. The zero-order valence-electron chi connectivity index (χ0n) is 12.9. The van der Waals surface area contributed by atoms with E-state index in [1.165, 1.54) is 4.90 Å². The third kappa shape index (κ3) is 2.50. The van der Waals surface area contributed by atoms with Crippen molar-refractivity contribution in [1.29, 1.82) is 0 Å². The summed E-state index contributed by atoms with van der Waals surface area (Å²) in [5.74, 6) is 0.491. The lowest BCUT2D eigenvalue weighted by atomic mass is 10.1. The predicted octanol–water partition coefficient (Wildman–Crippen LogP) is 4.60. The van der Waals surface area contributed by atoms with Crippen molar-refractivity contribution in [2.75, 3.05) is 5.32 Å². The minimum Gasteiger partial charge on any atom is -0.319 e. The largest absolute Gasteiger partial charge is 0.319 e. The van der Waals surface area contributed by atoms with E-state index < -0.39 is 0 Å². The van der Waals surface area contributed by atoms with Crippen LogP contribution in [0.5, 0.6) is 0 Å². The van der Waals surface area contributed by atoms with Crippen molar-refractivity contribution in [2.45, 2.75) is 10.6 Å². The molecule has 24 heavy (non-hydrogen) atoms. The quantitative estimate of drug-likeness (QED) is 0.730. The molecule has 120 valence electrons. The first-order valence-corrected chi connectivity index (χ1v) is 8.85. The number of halogens is 1. The number of hydrogen-bond acceptors (Lipinski definition) is 3. The van der Waals surface area contributed by atoms with Crippen LogP contribution in [-0.4, -0.2) is 15.7 Å². The fourth-order valence-electron chi connectivity index (χ4n) is 2.91. The monoisotopic (exact) mass is 355 g/mol. The van der Waals surface area contributed by atoms with Gasteiger partial charge in [0.25, 0.3) is 5.91 Å². The highest BCUT2D eigenvalue weighted by Gasteiger charge is 2.27. The first kappa shape index (κ1) is 15.3. The van der Waals surface area contributed by atoms with Crippen LogP contribution in [0.15, 0.2) is 53.4 Å². The van der Waals surface area contributed by atoms with Gasteiger partial charge in [-0.1, -0.05) is 41.9 Å². The molecule has 0 aliphatic carbocycles. The second-order valence-corrected chi connectivity index (χ2v) is 6.94. The molecule has 0 spiro atoms. The minimum absolute atomic E-state index is 0.236. The van der Waals surface area contributed by atoms with E-state index in [-0.39, 0.29) is 5.91 Å². The van der Waals surface area contributed by atoms with E-state index >= 15 is 0 Å². The lowest BCUT2D eigenvalue weighted by Crippen LogP contribution is -2.15. The Hall–Kier alpha value is -2.24. The highest BCUT2D eigenvalue weighted by molar-refractivity contribution is 7.98. The van der Waals surface area contributed by atoms with Crippen LogP contribution in [0.3, 0.4) is 0 Å². The average molecular weight is 356 g/mol. The molecule has 0 unspecified atom stereocenters. The smallest absolute Gasteiger partial charge is 0.276 e. The van der Waals surface area contributed by atoms with Gasteiger partial charge in [0.2, 0.25) is 0 Å². The number of aryl methyl sites for hydroxylation is 1. The predicted molar refractivity (Wildman–Crippen MR) is 97.6 cm³/mol. The Bertz CT molecular complexity index is 951. The highest BCUT2D eigenvalue weighted by atomic mass is 35.5. The van der Waals surface area contributed by atoms with E-state index in [1.807, 2.05) is 31.3 Å². The summed E-state index contributed by atoms with van der Waals surface area (Å²) in [6, 6.07) is 15.4. The Morgan fingerprint density at radius 3 is 2.79 bits per heavy atom. The zero-order valence-corrected chi connectivity index (χ0v) is 14.5. The van der Waals surface area contributed by atoms with Crippen LogP contribution >= 0.6 is 23.4 Å². The van der Waals surface area contributed by atoms with Crippen LogP contribution in [-0.2, 0) is 12.8 Å². The van der Waals surface area contributed by atoms with Crippen LogP contribution in [0.25, 0.3) is 11.3 Å². The van der Waals surface area contributed by atoms with Gasteiger partial charge in [0.1, 0.15) is 0 Å². The second-order valence-electron chi connectivity index (χ2n) is 5.52. The third-order valence-electron chi connectivity index (χ3n) is 4.00. The van der Waals surface area contributed by atoms with Gasteiger partial charge in [0.15, 0.2) is 5.69 Å². The van der Waals surface area contributed by atoms with Crippen molar-refractivity contribution < 1.29 is 4.79 Å². The Labute approximate surface area is 148 Å². The van der Waals surface area contributed by atoms with Crippen molar-refractivity contribution in [1.82, 2.24) is 9.78 Å². The van der Waals surface area contributed by atoms with E-state index in [0.717, 1.165) is 22.6 Å². The van der Waals surface area contributed by atoms with Crippen molar-refractivity contribution in [3.05, 3.63) is 64.8 Å². The maximum Gasteiger partial charge on any atom is 0.276 e. The maximum atomic E-state index is 12.7. The second kappa shape index (κ2) is 6.00. The van der Waals surface area contributed by atoms with Crippen LogP contribution in [0.1, 0.15) is 16.1 Å². The summed E-state index contributed by atoms with van der Waals surface area (Å²) in [6.45, 7) is 0. The summed E-state index contributed by atoms with van der Waals surface area (Å²) >= 11 is 7.85. The van der Waals surface area contributed by atoms with Crippen LogP contribution in [0, 0.1) is 0 Å². The summed E-state index contributed by atoms with van der Waals surface area (Å²) in [6.07, 6.45) is 0. The molecule has 2 heterocycles. The standard InChI is InChI=1S/C18H14ClN3OS/c1-22-17-11-6-2-5-9-15(11)24-10-12(17)16(21-22)18(23)20-14-8-4-3-7-13(14)19/h2-9H,10H2,1H3,(H,20,23). The molecule has 0 atom stereocenters. The lowest BCUT2D eigenvalue weighted by Gasteiger charge is -2.17. The summed E-state index contributed by atoms with van der Waals surface area (Å²) in [7, 11) is 1.87. The number of fused-ring (bicyclic) bond motifs is 3. The molecule has 0 bridgehead atoms.